The molecule has 2 aromatic carbocycles. The van der Waals surface area contributed by atoms with Crippen LogP contribution in [0.25, 0.3) is 12.2 Å². The van der Waals surface area contributed by atoms with Gasteiger partial charge in [0.25, 0.3) is 0 Å². The van der Waals surface area contributed by atoms with Gasteiger partial charge in [0.1, 0.15) is 0 Å². The van der Waals surface area contributed by atoms with Crippen molar-refractivity contribution in [2.24, 2.45) is 0 Å². The van der Waals surface area contributed by atoms with Crippen molar-refractivity contribution in [1.82, 2.24) is 10.6 Å². The fourth-order valence-corrected chi connectivity index (χ4v) is 2.86. The van der Waals surface area contributed by atoms with Gasteiger partial charge < -0.3 is 10.6 Å². The van der Waals surface area contributed by atoms with Gasteiger partial charge in [0.05, 0.1) is 20.1 Å². The standard InChI is InChI=1S/C20H16Cl4N2O2/c21-15-5-1-3-13(19(15)23)7-9-17(27)25-11-12-26-18(28)10-8-14-4-2-6-16(22)20(14)24/h1-10H,11-12H2,(H,25,27)(H,26,28)/b9-7+,10-8+. The lowest BCUT2D eigenvalue weighted by atomic mass is 10.2. The van der Waals surface area contributed by atoms with E-state index in [-0.39, 0.29) is 24.9 Å². The van der Waals surface area contributed by atoms with Crippen LogP contribution >= 0.6 is 46.4 Å². The normalized spacial score (nSPS) is 11.1. The molecule has 4 nitrogen and oxygen atoms in total. The first kappa shape index (κ1) is 22.3. The molecule has 0 bridgehead atoms. The molecule has 8 heteroatoms. The molecule has 0 aromatic heterocycles. The molecular formula is C20H16Cl4N2O2. The molecule has 0 heterocycles. The highest BCUT2D eigenvalue weighted by molar-refractivity contribution is 6.43. The van der Waals surface area contributed by atoms with E-state index in [1.54, 1.807) is 48.6 Å². The fraction of sp³-hybridized carbons (Fsp3) is 0.100. The van der Waals surface area contributed by atoms with Gasteiger partial charge in [0.15, 0.2) is 0 Å². The van der Waals surface area contributed by atoms with E-state index in [1.165, 1.54) is 12.2 Å². The summed E-state index contributed by atoms with van der Waals surface area (Å²) >= 11 is 23.9. The highest BCUT2D eigenvalue weighted by atomic mass is 35.5. The third-order valence-electron chi connectivity index (χ3n) is 3.51. The first-order valence-corrected chi connectivity index (χ1v) is 9.69. The van der Waals surface area contributed by atoms with Crippen molar-refractivity contribution in [3.63, 3.8) is 0 Å². The molecule has 2 rings (SSSR count). The van der Waals surface area contributed by atoms with Crippen molar-refractivity contribution in [3.8, 4) is 0 Å². The van der Waals surface area contributed by atoms with Gasteiger partial charge in [-0.2, -0.15) is 0 Å². The van der Waals surface area contributed by atoms with Crippen LogP contribution in [-0.4, -0.2) is 24.9 Å². The maximum absolute atomic E-state index is 11.8. The van der Waals surface area contributed by atoms with Gasteiger partial charge in [-0.05, 0) is 35.4 Å². The number of hydrogen-bond acceptors (Lipinski definition) is 2. The molecular weight excluding hydrogens is 442 g/mol. The zero-order valence-electron chi connectivity index (χ0n) is 14.5. The van der Waals surface area contributed by atoms with Crippen LogP contribution < -0.4 is 10.6 Å². The summed E-state index contributed by atoms with van der Waals surface area (Å²) in [6, 6.07) is 10.3. The average Bonchev–Trinajstić information content (AvgIpc) is 2.67. The van der Waals surface area contributed by atoms with Crippen LogP contribution in [0.3, 0.4) is 0 Å². The Hall–Kier alpha value is -1.98. The number of benzene rings is 2. The van der Waals surface area contributed by atoms with Crippen LogP contribution in [0.1, 0.15) is 11.1 Å². The van der Waals surface area contributed by atoms with E-state index in [2.05, 4.69) is 10.6 Å². The van der Waals surface area contributed by atoms with Crippen LogP contribution in [-0.2, 0) is 9.59 Å². The second-order valence-corrected chi connectivity index (χ2v) is 7.11. The Labute approximate surface area is 183 Å². The van der Waals surface area contributed by atoms with Gasteiger partial charge in [-0.1, -0.05) is 70.7 Å². The van der Waals surface area contributed by atoms with Crippen LogP contribution in [0.2, 0.25) is 20.1 Å². The second-order valence-electron chi connectivity index (χ2n) is 5.53. The van der Waals surface area contributed by atoms with Gasteiger partial charge in [0, 0.05) is 25.2 Å². The first-order chi connectivity index (χ1) is 13.4. The molecule has 0 atom stereocenters. The zero-order chi connectivity index (χ0) is 20.5. The third-order valence-corrected chi connectivity index (χ3v) is 5.18. The number of hydrogen-bond donors (Lipinski definition) is 2. The van der Waals surface area contributed by atoms with Gasteiger partial charge in [-0.3, -0.25) is 9.59 Å². The number of rotatable bonds is 7. The Morgan fingerprint density at radius 1 is 0.714 bits per heavy atom. The highest BCUT2D eigenvalue weighted by Crippen LogP contribution is 2.27. The lowest BCUT2D eigenvalue weighted by molar-refractivity contribution is -0.118. The lowest BCUT2D eigenvalue weighted by Crippen LogP contribution is -2.33. The minimum absolute atomic E-state index is 0.268. The van der Waals surface area contributed by atoms with Crippen molar-refractivity contribution in [2.45, 2.75) is 0 Å². The van der Waals surface area contributed by atoms with E-state index in [1.807, 2.05) is 0 Å². The SMILES string of the molecule is O=C(/C=C/c1cccc(Cl)c1Cl)NCCNC(=O)/C=C/c1cccc(Cl)c1Cl. The molecule has 28 heavy (non-hydrogen) atoms. The van der Waals surface area contributed by atoms with Crippen molar-refractivity contribution in [3.05, 3.63) is 79.8 Å². The summed E-state index contributed by atoms with van der Waals surface area (Å²) in [5.41, 5.74) is 1.28. The molecule has 2 N–H and O–H groups in total. The Morgan fingerprint density at radius 3 is 1.50 bits per heavy atom. The molecule has 0 saturated heterocycles. The summed E-state index contributed by atoms with van der Waals surface area (Å²) in [5, 5.41) is 6.90. The van der Waals surface area contributed by atoms with E-state index in [9.17, 15) is 9.59 Å². The molecule has 0 saturated carbocycles. The van der Waals surface area contributed by atoms with Gasteiger partial charge >= 0.3 is 0 Å². The van der Waals surface area contributed by atoms with Crippen molar-refractivity contribution in [1.29, 1.82) is 0 Å². The summed E-state index contributed by atoms with van der Waals surface area (Å²) in [4.78, 5) is 23.6. The molecule has 2 amide bonds. The summed E-state index contributed by atoms with van der Waals surface area (Å²) in [7, 11) is 0. The molecule has 146 valence electrons. The molecule has 0 aliphatic carbocycles. The molecule has 0 fully saturated rings. The Morgan fingerprint density at radius 2 is 1.11 bits per heavy atom. The van der Waals surface area contributed by atoms with Gasteiger partial charge in [-0.25, -0.2) is 0 Å². The van der Waals surface area contributed by atoms with E-state index in [4.69, 9.17) is 46.4 Å². The minimum Gasteiger partial charge on any atom is -0.351 e. The van der Waals surface area contributed by atoms with Crippen LogP contribution in [0, 0.1) is 0 Å². The van der Waals surface area contributed by atoms with Crippen molar-refractivity contribution < 1.29 is 9.59 Å². The summed E-state index contributed by atoms with van der Waals surface area (Å²) in [6.07, 6.45) is 5.83. The molecule has 0 radical (unpaired) electrons. The second kappa shape index (κ2) is 11.1. The van der Waals surface area contributed by atoms with E-state index >= 15 is 0 Å². The Bertz CT molecular complexity index is 851. The van der Waals surface area contributed by atoms with Crippen molar-refractivity contribution >= 4 is 70.4 Å². The van der Waals surface area contributed by atoms with Crippen LogP contribution in [0.15, 0.2) is 48.6 Å². The summed E-state index contributed by atoms with van der Waals surface area (Å²) in [5.74, 6) is -0.627. The van der Waals surface area contributed by atoms with Crippen LogP contribution in [0.5, 0.6) is 0 Å². The number of halogens is 4. The number of carbonyl (C=O) groups is 2. The van der Waals surface area contributed by atoms with E-state index in [0.29, 0.717) is 31.2 Å². The first-order valence-electron chi connectivity index (χ1n) is 8.18. The maximum atomic E-state index is 11.8. The smallest absolute Gasteiger partial charge is 0.244 e. The predicted molar refractivity (Wildman–Crippen MR) is 117 cm³/mol. The molecule has 2 aromatic rings. The predicted octanol–water partition coefficient (Wildman–Crippen LogP) is 5.26. The van der Waals surface area contributed by atoms with Crippen molar-refractivity contribution in [2.75, 3.05) is 13.1 Å². The maximum Gasteiger partial charge on any atom is 0.244 e. The van der Waals surface area contributed by atoms with E-state index in [0.717, 1.165) is 0 Å². The zero-order valence-corrected chi connectivity index (χ0v) is 17.5. The Balaban J connectivity index is 1.74. The number of carbonyl (C=O) groups excluding carboxylic acids is 2. The fourth-order valence-electron chi connectivity index (χ4n) is 2.12. The van der Waals surface area contributed by atoms with Gasteiger partial charge in [0.2, 0.25) is 11.8 Å². The van der Waals surface area contributed by atoms with Gasteiger partial charge in [-0.15, -0.1) is 0 Å². The topological polar surface area (TPSA) is 58.2 Å². The Kier molecular flexibility index (Phi) is 8.87. The summed E-state index contributed by atoms with van der Waals surface area (Å²) in [6.45, 7) is 0.536. The van der Waals surface area contributed by atoms with E-state index < -0.39 is 0 Å². The third kappa shape index (κ3) is 6.88. The number of amides is 2. The molecule has 0 spiro atoms. The molecule has 0 aliphatic rings. The lowest BCUT2D eigenvalue weighted by Gasteiger charge is -2.04. The van der Waals surface area contributed by atoms with Crippen LogP contribution in [0.4, 0.5) is 0 Å². The number of nitrogens with one attached hydrogen (secondary N) is 2. The highest BCUT2D eigenvalue weighted by Gasteiger charge is 2.03. The summed E-state index contributed by atoms with van der Waals surface area (Å²) < 4.78 is 0. The molecule has 0 unspecified atom stereocenters. The average molecular weight is 458 g/mol. The monoisotopic (exact) mass is 456 g/mol. The largest absolute Gasteiger partial charge is 0.351 e. The molecule has 0 aliphatic heterocycles. The quantitative estimate of drug-likeness (QED) is 0.440. The minimum atomic E-state index is -0.313.